The van der Waals surface area contributed by atoms with Crippen LogP contribution in [0.2, 0.25) is 0 Å². The van der Waals surface area contributed by atoms with Gasteiger partial charge in [-0.2, -0.15) is 0 Å². The van der Waals surface area contributed by atoms with E-state index in [-0.39, 0.29) is 5.69 Å². The summed E-state index contributed by atoms with van der Waals surface area (Å²) in [4.78, 5) is 16.6. The van der Waals surface area contributed by atoms with Gasteiger partial charge in [0.2, 0.25) is 0 Å². The van der Waals surface area contributed by atoms with Gasteiger partial charge in [-0.25, -0.2) is 0 Å². The van der Waals surface area contributed by atoms with E-state index in [0.717, 1.165) is 22.8 Å². The lowest BCUT2D eigenvalue weighted by atomic mass is 10.2. The second-order valence-corrected chi connectivity index (χ2v) is 5.53. The van der Waals surface area contributed by atoms with Gasteiger partial charge in [0.05, 0.1) is 12.0 Å². The maximum Gasteiger partial charge on any atom is 0.269 e. The standard InChI is InChI=1S/C18H22N4O3/c1-19-18(20-12-14-4-8-16(9-5-14)22(23)24)21(2)13-15-6-10-17(25-3)11-7-15/h4-11H,12-13H2,1-3H3,(H,19,20). The number of guanidine groups is 1. The van der Waals surface area contributed by atoms with Crippen LogP contribution in [0.25, 0.3) is 0 Å². The van der Waals surface area contributed by atoms with Gasteiger partial charge in [0.15, 0.2) is 5.96 Å². The number of hydrogen-bond acceptors (Lipinski definition) is 4. The molecule has 0 amide bonds. The summed E-state index contributed by atoms with van der Waals surface area (Å²) in [6.07, 6.45) is 0. The number of rotatable bonds is 6. The first-order chi connectivity index (χ1) is 12.0. The Morgan fingerprint density at radius 1 is 1.16 bits per heavy atom. The molecular formula is C18H22N4O3. The van der Waals surface area contributed by atoms with Crippen molar-refractivity contribution in [3.8, 4) is 5.75 Å². The summed E-state index contributed by atoms with van der Waals surface area (Å²) in [7, 11) is 5.32. The summed E-state index contributed by atoms with van der Waals surface area (Å²) in [5.41, 5.74) is 2.18. The number of nitrogens with zero attached hydrogens (tertiary/aromatic N) is 3. The van der Waals surface area contributed by atoms with Crippen molar-refractivity contribution < 1.29 is 9.66 Å². The minimum Gasteiger partial charge on any atom is -0.497 e. The highest BCUT2D eigenvalue weighted by Crippen LogP contribution is 2.13. The Morgan fingerprint density at radius 2 is 1.76 bits per heavy atom. The smallest absolute Gasteiger partial charge is 0.269 e. The fraction of sp³-hybridized carbons (Fsp3) is 0.278. The van der Waals surface area contributed by atoms with Crippen molar-refractivity contribution in [2.75, 3.05) is 21.2 Å². The van der Waals surface area contributed by atoms with E-state index in [2.05, 4.69) is 10.3 Å². The van der Waals surface area contributed by atoms with Crippen LogP contribution in [0.1, 0.15) is 11.1 Å². The van der Waals surface area contributed by atoms with Gasteiger partial charge in [0.1, 0.15) is 5.75 Å². The molecule has 7 heteroatoms. The third-order valence-corrected chi connectivity index (χ3v) is 3.75. The average Bonchev–Trinajstić information content (AvgIpc) is 2.63. The summed E-state index contributed by atoms with van der Waals surface area (Å²) in [6.45, 7) is 1.24. The molecule has 0 saturated carbocycles. The molecule has 132 valence electrons. The molecule has 2 rings (SSSR count). The lowest BCUT2D eigenvalue weighted by Gasteiger charge is -2.22. The van der Waals surface area contributed by atoms with Crippen LogP contribution >= 0.6 is 0 Å². The van der Waals surface area contributed by atoms with Crippen molar-refractivity contribution in [3.63, 3.8) is 0 Å². The number of aliphatic imine (C=N–C) groups is 1. The van der Waals surface area contributed by atoms with Crippen molar-refractivity contribution in [1.82, 2.24) is 10.2 Å². The number of nitrogens with one attached hydrogen (secondary N) is 1. The van der Waals surface area contributed by atoms with E-state index < -0.39 is 4.92 Å². The molecule has 0 spiro atoms. The van der Waals surface area contributed by atoms with Crippen LogP contribution in [-0.4, -0.2) is 37.0 Å². The van der Waals surface area contributed by atoms with Crippen molar-refractivity contribution in [2.24, 2.45) is 4.99 Å². The predicted octanol–water partition coefficient (Wildman–Crippen LogP) is 2.81. The van der Waals surface area contributed by atoms with Gasteiger partial charge in [-0.15, -0.1) is 0 Å². The molecule has 0 saturated heterocycles. The Balaban J connectivity index is 1.93. The molecule has 2 aromatic carbocycles. The quantitative estimate of drug-likeness (QED) is 0.378. The molecule has 0 aliphatic rings. The number of hydrogen-bond donors (Lipinski definition) is 1. The fourth-order valence-corrected chi connectivity index (χ4v) is 2.38. The highest BCUT2D eigenvalue weighted by molar-refractivity contribution is 5.79. The van der Waals surface area contributed by atoms with E-state index in [1.54, 1.807) is 26.3 Å². The van der Waals surface area contributed by atoms with Crippen LogP contribution in [0.3, 0.4) is 0 Å². The third-order valence-electron chi connectivity index (χ3n) is 3.75. The fourth-order valence-electron chi connectivity index (χ4n) is 2.38. The molecule has 0 fully saturated rings. The lowest BCUT2D eigenvalue weighted by Crippen LogP contribution is -2.38. The molecule has 1 N–H and O–H groups in total. The largest absolute Gasteiger partial charge is 0.497 e. The van der Waals surface area contributed by atoms with Gasteiger partial charge in [-0.1, -0.05) is 24.3 Å². The minimum absolute atomic E-state index is 0.0877. The number of nitro benzene ring substituents is 1. The van der Waals surface area contributed by atoms with Crippen molar-refractivity contribution >= 4 is 11.6 Å². The second-order valence-electron chi connectivity index (χ2n) is 5.53. The monoisotopic (exact) mass is 342 g/mol. The third kappa shape index (κ3) is 5.20. The average molecular weight is 342 g/mol. The Morgan fingerprint density at radius 3 is 2.28 bits per heavy atom. The first-order valence-electron chi connectivity index (χ1n) is 7.81. The van der Waals surface area contributed by atoms with Crippen LogP contribution in [0.15, 0.2) is 53.5 Å². The number of nitro groups is 1. The molecular weight excluding hydrogens is 320 g/mol. The Kier molecular flexibility index (Phi) is 6.33. The first-order valence-corrected chi connectivity index (χ1v) is 7.81. The van der Waals surface area contributed by atoms with E-state index in [4.69, 9.17) is 4.74 Å². The van der Waals surface area contributed by atoms with E-state index in [9.17, 15) is 10.1 Å². The zero-order valence-corrected chi connectivity index (χ0v) is 14.6. The van der Waals surface area contributed by atoms with Crippen LogP contribution in [0.4, 0.5) is 5.69 Å². The molecule has 0 bridgehead atoms. The zero-order chi connectivity index (χ0) is 18.2. The SMILES string of the molecule is CN=C(NCc1ccc([N+](=O)[O-])cc1)N(C)Cc1ccc(OC)cc1. The number of benzene rings is 2. The number of non-ortho nitro benzene ring substituents is 1. The molecule has 0 aliphatic heterocycles. The van der Waals surface area contributed by atoms with Crippen LogP contribution in [0, 0.1) is 10.1 Å². The van der Waals surface area contributed by atoms with E-state index in [1.165, 1.54) is 12.1 Å². The van der Waals surface area contributed by atoms with E-state index >= 15 is 0 Å². The minimum atomic E-state index is -0.404. The van der Waals surface area contributed by atoms with E-state index in [1.807, 2.05) is 36.2 Å². The van der Waals surface area contributed by atoms with Gasteiger partial charge < -0.3 is 15.0 Å². The first kappa shape index (κ1) is 18.3. The molecule has 0 aliphatic carbocycles. The summed E-state index contributed by atoms with van der Waals surface area (Å²) < 4.78 is 5.16. The molecule has 0 aromatic heterocycles. The molecule has 2 aromatic rings. The van der Waals surface area contributed by atoms with E-state index in [0.29, 0.717) is 13.1 Å². The predicted molar refractivity (Wildman–Crippen MR) is 97.8 cm³/mol. The van der Waals surface area contributed by atoms with Gasteiger partial charge >= 0.3 is 0 Å². The Labute approximate surface area is 147 Å². The summed E-state index contributed by atoms with van der Waals surface area (Å²) in [5, 5.41) is 13.9. The normalized spacial score (nSPS) is 11.1. The molecule has 25 heavy (non-hydrogen) atoms. The maximum atomic E-state index is 10.7. The van der Waals surface area contributed by atoms with Gasteiger partial charge in [-0.05, 0) is 23.3 Å². The van der Waals surface area contributed by atoms with Crippen molar-refractivity contribution in [3.05, 3.63) is 69.8 Å². The highest BCUT2D eigenvalue weighted by Gasteiger charge is 2.08. The molecule has 0 unspecified atom stereocenters. The van der Waals surface area contributed by atoms with Crippen LogP contribution < -0.4 is 10.1 Å². The summed E-state index contributed by atoms with van der Waals surface area (Å²) in [6, 6.07) is 14.4. The summed E-state index contributed by atoms with van der Waals surface area (Å²) in [5.74, 6) is 1.57. The zero-order valence-electron chi connectivity index (χ0n) is 14.6. The second kappa shape index (κ2) is 8.68. The topological polar surface area (TPSA) is 80.0 Å². The number of ether oxygens (including phenoxy) is 1. The molecule has 0 radical (unpaired) electrons. The van der Waals surface area contributed by atoms with Gasteiger partial charge in [0, 0.05) is 39.3 Å². The summed E-state index contributed by atoms with van der Waals surface area (Å²) >= 11 is 0. The Bertz CT molecular complexity index is 727. The van der Waals surface area contributed by atoms with Gasteiger partial charge in [0.25, 0.3) is 5.69 Å². The number of methoxy groups -OCH3 is 1. The van der Waals surface area contributed by atoms with Crippen LogP contribution in [-0.2, 0) is 13.1 Å². The highest BCUT2D eigenvalue weighted by atomic mass is 16.6. The van der Waals surface area contributed by atoms with Crippen molar-refractivity contribution in [2.45, 2.75) is 13.1 Å². The lowest BCUT2D eigenvalue weighted by molar-refractivity contribution is -0.384. The van der Waals surface area contributed by atoms with Crippen LogP contribution in [0.5, 0.6) is 5.75 Å². The van der Waals surface area contributed by atoms with Crippen molar-refractivity contribution in [1.29, 1.82) is 0 Å². The molecule has 0 heterocycles. The molecule has 7 nitrogen and oxygen atoms in total. The maximum absolute atomic E-state index is 10.7. The molecule has 0 atom stereocenters. The Hall–Kier alpha value is -3.09. The van der Waals surface area contributed by atoms with Gasteiger partial charge in [-0.3, -0.25) is 15.1 Å².